The second-order valence-corrected chi connectivity index (χ2v) is 12.0. The van der Waals surface area contributed by atoms with E-state index in [0.717, 1.165) is 22.6 Å². The van der Waals surface area contributed by atoms with Crippen molar-refractivity contribution in [2.45, 2.75) is 42.0 Å². The number of carbonyl (C=O) groups excluding carboxylic acids is 1. The number of aromatic nitrogens is 1. The van der Waals surface area contributed by atoms with Crippen molar-refractivity contribution in [3.05, 3.63) is 61.2 Å². The molecule has 2 saturated carbocycles. The predicted octanol–water partition coefficient (Wildman–Crippen LogP) is 5.27. The fourth-order valence-corrected chi connectivity index (χ4v) is 10.0. The summed E-state index contributed by atoms with van der Waals surface area (Å²) < 4.78 is 6.89. The first-order valence-corrected chi connectivity index (χ1v) is 13.6. The molecule has 2 fully saturated rings. The van der Waals surface area contributed by atoms with Gasteiger partial charge in [0.15, 0.2) is 0 Å². The third-order valence-corrected chi connectivity index (χ3v) is 11.0. The smallest absolute Gasteiger partial charge is 0.308 e. The topological polar surface area (TPSA) is 60.3 Å². The first-order chi connectivity index (χ1) is 15.6. The quantitative estimate of drug-likeness (QED) is 0.536. The number of thiophene rings is 1. The molecule has 1 N–H and O–H groups in total. The normalized spacial score (nSPS) is 27.7. The van der Waals surface area contributed by atoms with Gasteiger partial charge in [0.25, 0.3) is 0 Å². The molecule has 3 aromatic rings. The average molecular weight is 485 g/mol. The van der Waals surface area contributed by atoms with Gasteiger partial charge in [0.05, 0.1) is 12.1 Å². The van der Waals surface area contributed by atoms with Crippen molar-refractivity contribution in [2.75, 3.05) is 12.4 Å². The van der Waals surface area contributed by atoms with E-state index >= 15 is 0 Å². The molecule has 0 radical (unpaired) electrons. The molecule has 8 heteroatoms. The molecular weight excluding hydrogens is 460 g/mol. The molecule has 32 heavy (non-hydrogen) atoms. The van der Waals surface area contributed by atoms with Gasteiger partial charge < -0.3 is 10.1 Å². The second kappa shape index (κ2) is 8.08. The molecule has 2 bridgehead atoms. The predicted molar refractivity (Wildman–Crippen MR) is 130 cm³/mol. The summed E-state index contributed by atoms with van der Waals surface area (Å²) in [5.74, 6) is 2.98. The molecule has 5 atom stereocenters. The number of thioether (sulfide) groups is 1. The zero-order valence-electron chi connectivity index (χ0n) is 17.7. The Labute approximate surface area is 198 Å². The van der Waals surface area contributed by atoms with E-state index < -0.39 is 0 Å². The number of amides is 1. The lowest BCUT2D eigenvalue weighted by atomic mass is 9.77. The zero-order chi connectivity index (χ0) is 21.8. The number of carbonyl (C=O) groups is 1. The maximum atomic E-state index is 13.1. The number of benzene rings is 1. The molecule has 6 rings (SSSR count). The van der Waals surface area contributed by atoms with Gasteiger partial charge in [0.2, 0.25) is 5.91 Å². The Balaban J connectivity index is 1.32. The first-order valence-electron chi connectivity index (χ1n) is 11.0. The largest absolute Gasteiger partial charge is 0.497 e. The summed E-state index contributed by atoms with van der Waals surface area (Å²) in [4.78, 5) is 28.4. The number of rotatable bonds is 5. The lowest BCUT2D eigenvalue weighted by Crippen LogP contribution is -2.34. The number of methoxy groups -OCH3 is 1. The highest BCUT2D eigenvalue weighted by molar-refractivity contribution is 8.00. The minimum absolute atomic E-state index is 0.0266. The third kappa shape index (κ3) is 3.35. The molecule has 166 valence electrons. The number of nitrogens with one attached hydrogen (secondary N) is 1. The van der Waals surface area contributed by atoms with E-state index in [1.54, 1.807) is 23.0 Å². The van der Waals surface area contributed by atoms with Gasteiger partial charge in [-0.3, -0.25) is 14.2 Å². The summed E-state index contributed by atoms with van der Waals surface area (Å²) in [6, 6.07) is 11.6. The van der Waals surface area contributed by atoms with Crippen LogP contribution in [-0.4, -0.2) is 22.8 Å². The standard InChI is InChI=1S/C24H24N2O3S3/c1-29-16-8-6-15(7-9-16)25-18(27)12-26-23-22(32-24(26)28)20(17-3-2-10-30-17)19-13-4-5-14(11-13)21(19)31-23/h2-3,6-10,13-14,19-21H,4-5,11-12H2,1H3,(H,25,27)/t13-,14+,19-,20-,21+/m1/s1. The minimum atomic E-state index is -0.179. The number of ether oxygens (including phenoxy) is 1. The summed E-state index contributed by atoms with van der Waals surface area (Å²) >= 11 is 5.02. The van der Waals surface area contributed by atoms with Crippen LogP contribution < -0.4 is 14.9 Å². The molecule has 0 saturated heterocycles. The molecule has 1 amide bonds. The maximum absolute atomic E-state index is 13.1. The van der Waals surface area contributed by atoms with Crippen molar-refractivity contribution < 1.29 is 9.53 Å². The van der Waals surface area contributed by atoms with Crippen LogP contribution in [0.4, 0.5) is 5.69 Å². The molecule has 2 aromatic heterocycles. The number of hydrogen-bond acceptors (Lipinski definition) is 6. The van der Waals surface area contributed by atoms with E-state index in [0.29, 0.717) is 22.8 Å². The average Bonchev–Trinajstić information content (AvgIpc) is 3.59. The molecule has 3 aliphatic rings. The Morgan fingerprint density at radius 1 is 1.19 bits per heavy atom. The van der Waals surface area contributed by atoms with Gasteiger partial charge >= 0.3 is 4.87 Å². The Bertz CT molecular complexity index is 1200. The number of nitrogens with zero attached hydrogens (tertiary/aromatic N) is 1. The highest BCUT2D eigenvalue weighted by Gasteiger charge is 2.55. The number of anilines is 1. The highest BCUT2D eigenvalue weighted by atomic mass is 32.2. The number of thiazole rings is 1. The van der Waals surface area contributed by atoms with Crippen LogP contribution in [0.5, 0.6) is 5.75 Å². The van der Waals surface area contributed by atoms with Crippen LogP contribution >= 0.6 is 34.4 Å². The van der Waals surface area contributed by atoms with Crippen LogP contribution in [0, 0.1) is 17.8 Å². The minimum Gasteiger partial charge on any atom is -0.497 e. The molecule has 0 spiro atoms. The van der Waals surface area contributed by atoms with Crippen molar-refractivity contribution in [2.24, 2.45) is 17.8 Å². The Morgan fingerprint density at radius 2 is 2.00 bits per heavy atom. The van der Waals surface area contributed by atoms with Crippen molar-refractivity contribution in [3.63, 3.8) is 0 Å². The van der Waals surface area contributed by atoms with Gasteiger partial charge in [0.1, 0.15) is 12.3 Å². The molecule has 3 heterocycles. The van der Waals surface area contributed by atoms with Crippen LogP contribution in [0.25, 0.3) is 0 Å². The van der Waals surface area contributed by atoms with E-state index in [1.807, 2.05) is 36.0 Å². The number of fused-ring (bicyclic) bond motifs is 6. The second-order valence-electron chi connectivity index (χ2n) is 8.89. The fourth-order valence-electron chi connectivity index (χ4n) is 5.89. The molecule has 2 aliphatic carbocycles. The van der Waals surface area contributed by atoms with E-state index in [-0.39, 0.29) is 17.3 Å². The van der Waals surface area contributed by atoms with E-state index in [1.165, 1.54) is 40.4 Å². The molecule has 1 aromatic carbocycles. The summed E-state index contributed by atoms with van der Waals surface area (Å²) in [7, 11) is 1.61. The number of hydrogen-bond donors (Lipinski definition) is 1. The van der Waals surface area contributed by atoms with Crippen LogP contribution in [0.1, 0.15) is 34.9 Å². The van der Waals surface area contributed by atoms with Gasteiger partial charge in [-0.15, -0.1) is 23.1 Å². The van der Waals surface area contributed by atoms with Crippen molar-refractivity contribution >= 4 is 46.0 Å². The summed E-state index contributed by atoms with van der Waals surface area (Å²) in [5, 5.41) is 6.64. The Morgan fingerprint density at radius 3 is 2.75 bits per heavy atom. The van der Waals surface area contributed by atoms with Crippen molar-refractivity contribution in [3.8, 4) is 5.75 Å². The lowest BCUT2D eigenvalue weighted by Gasteiger charge is -2.40. The van der Waals surface area contributed by atoms with Crippen LogP contribution in [0.2, 0.25) is 0 Å². The van der Waals surface area contributed by atoms with Crippen molar-refractivity contribution in [1.82, 2.24) is 4.57 Å². The highest BCUT2D eigenvalue weighted by Crippen LogP contribution is 2.64. The van der Waals surface area contributed by atoms with Gasteiger partial charge in [-0.2, -0.15) is 0 Å². The van der Waals surface area contributed by atoms with Gasteiger partial charge in [-0.1, -0.05) is 17.4 Å². The fraction of sp³-hybridized carbons (Fsp3) is 0.417. The van der Waals surface area contributed by atoms with E-state index in [2.05, 4.69) is 22.8 Å². The summed E-state index contributed by atoms with van der Waals surface area (Å²) in [6.07, 6.45) is 3.95. The lowest BCUT2D eigenvalue weighted by molar-refractivity contribution is -0.116. The molecular formula is C24H24N2O3S3. The maximum Gasteiger partial charge on any atom is 0.308 e. The van der Waals surface area contributed by atoms with E-state index in [9.17, 15) is 9.59 Å². The third-order valence-electron chi connectivity index (χ3n) is 7.22. The molecule has 1 aliphatic heterocycles. The zero-order valence-corrected chi connectivity index (χ0v) is 20.1. The van der Waals surface area contributed by atoms with E-state index in [4.69, 9.17) is 4.74 Å². The first kappa shape index (κ1) is 20.6. The van der Waals surface area contributed by atoms with Crippen LogP contribution in [0.3, 0.4) is 0 Å². The summed E-state index contributed by atoms with van der Waals surface area (Å²) in [6.45, 7) is 0.0480. The van der Waals surface area contributed by atoms with Crippen LogP contribution in [-0.2, 0) is 11.3 Å². The van der Waals surface area contributed by atoms with Gasteiger partial charge in [0, 0.05) is 26.6 Å². The molecule has 0 unspecified atom stereocenters. The van der Waals surface area contributed by atoms with Crippen LogP contribution in [0.15, 0.2) is 51.6 Å². The SMILES string of the molecule is COc1ccc(NC(=O)Cn2c3c(sc2=O)[C@H](c2cccs2)[C@H]2[C@@H]4CC[C@@H](C4)[C@@H]2S3)cc1. The monoisotopic (exact) mass is 484 g/mol. The summed E-state index contributed by atoms with van der Waals surface area (Å²) in [5.41, 5.74) is 0.699. The Kier molecular flexibility index (Phi) is 5.19. The van der Waals surface area contributed by atoms with Crippen molar-refractivity contribution in [1.29, 1.82) is 0 Å². The molecule has 5 nitrogen and oxygen atoms in total. The van der Waals surface area contributed by atoms with Gasteiger partial charge in [-0.05, 0) is 72.7 Å². The Hall–Kier alpha value is -2.03. The van der Waals surface area contributed by atoms with Gasteiger partial charge in [-0.25, -0.2) is 0 Å².